The van der Waals surface area contributed by atoms with Gasteiger partial charge in [0.15, 0.2) is 0 Å². The number of aromatic nitrogens is 2. The number of benzene rings is 1. The minimum atomic E-state index is -0.520. The quantitative estimate of drug-likeness (QED) is 0.565. The van der Waals surface area contributed by atoms with Gasteiger partial charge in [0.05, 0.1) is 22.9 Å². The summed E-state index contributed by atoms with van der Waals surface area (Å²) in [6.45, 7) is 0. The Morgan fingerprint density at radius 3 is 2.22 bits per heavy atom. The minimum absolute atomic E-state index is 0.119. The van der Waals surface area contributed by atoms with Crippen molar-refractivity contribution in [3.8, 4) is 11.5 Å². The third kappa shape index (κ3) is 1.09. The van der Waals surface area contributed by atoms with Crippen molar-refractivity contribution in [2.45, 2.75) is 0 Å². The molecule has 6 heteroatoms. The molecule has 0 atom stereocenters. The molecule has 0 aliphatic heterocycles. The summed E-state index contributed by atoms with van der Waals surface area (Å²) < 4.78 is 1.28. The smallest absolute Gasteiger partial charge is 0.216 e. The van der Waals surface area contributed by atoms with Gasteiger partial charge >= 0.3 is 0 Å². The number of aryl methyl sites for hydroxylation is 1. The predicted octanol–water partition coefficient (Wildman–Crippen LogP) is 0.607. The monoisotopic (exact) mass is 244 g/mol. The van der Waals surface area contributed by atoms with Gasteiger partial charge in [-0.05, 0) is 12.1 Å². The Hall–Kier alpha value is -2.63. The highest BCUT2D eigenvalue weighted by atomic mass is 16.3. The van der Waals surface area contributed by atoms with Gasteiger partial charge in [-0.25, -0.2) is 0 Å². The van der Waals surface area contributed by atoms with E-state index in [1.165, 1.54) is 30.1 Å². The highest BCUT2D eigenvalue weighted by Gasteiger charge is 2.36. The van der Waals surface area contributed by atoms with Crippen molar-refractivity contribution in [2.75, 3.05) is 0 Å². The van der Waals surface area contributed by atoms with Gasteiger partial charge in [0.1, 0.15) is 17.2 Å². The van der Waals surface area contributed by atoms with Crippen LogP contribution >= 0.6 is 0 Å². The summed E-state index contributed by atoms with van der Waals surface area (Å²) in [5.74, 6) is -1.68. The highest BCUT2D eigenvalue weighted by Crippen LogP contribution is 2.37. The van der Waals surface area contributed by atoms with Gasteiger partial charge in [0.25, 0.3) is 0 Å². The van der Waals surface area contributed by atoms with E-state index in [2.05, 4.69) is 5.10 Å². The first-order valence-corrected chi connectivity index (χ1v) is 5.18. The fourth-order valence-corrected chi connectivity index (χ4v) is 2.17. The molecular weight excluding hydrogens is 236 g/mol. The standard InChI is InChI=1S/C12H8N2O4/c1-14-10-5(4-13-14)11(17)8-6(15)2-3-7(16)9(8)12(10)18/h2-4,15-16H,1H3. The lowest BCUT2D eigenvalue weighted by Gasteiger charge is -2.16. The van der Waals surface area contributed by atoms with E-state index in [1.807, 2.05) is 0 Å². The van der Waals surface area contributed by atoms with Gasteiger partial charge in [-0.2, -0.15) is 5.10 Å². The molecule has 0 saturated heterocycles. The van der Waals surface area contributed by atoms with Crippen LogP contribution in [-0.2, 0) is 7.05 Å². The second kappa shape index (κ2) is 3.19. The van der Waals surface area contributed by atoms with E-state index >= 15 is 0 Å². The van der Waals surface area contributed by atoms with Crippen LogP contribution in [0.1, 0.15) is 32.0 Å². The SMILES string of the molecule is Cn1ncc2c1C(=O)c1c(O)ccc(O)c1C2=O. The maximum Gasteiger partial charge on any atom is 0.216 e. The molecule has 2 aromatic rings. The summed E-state index contributed by atoms with van der Waals surface area (Å²) >= 11 is 0. The fourth-order valence-electron chi connectivity index (χ4n) is 2.17. The molecule has 18 heavy (non-hydrogen) atoms. The summed E-state index contributed by atoms with van der Waals surface area (Å²) in [7, 11) is 1.54. The molecule has 6 nitrogen and oxygen atoms in total. The molecule has 0 amide bonds. The number of ketones is 2. The maximum absolute atomic E-state index is 12.2. The predicted molar refractivity (Wildman–Crippen MR) is 59.8 cm³/mol. The average molecular weight is 244 g/mol. The molecule has 1 aliphatic rings. The average Bonchev–Trinajstić information content (AvgIpc) is 2.72. The first-order chi connectivity index (χ1) is 8.52. The first kappa shape index (κ1) is 10.5. The molecule has 0 unspecified atom stereocenters. The van der Waals surface area contributed by atoms with E-state index in [0.717, 1.165) is 0 Å². The number of hydrogen-bond donors (Lipinski definition) is 2. The van der Waals surface area contributed by atoms with E-state index < -0.39 is 11.6 Å². The van der Waals surface area contributed by atoms with Gasteiger partial charge < -0.3 is 10.2 Å². The van der Waals surface area contributed by atoms with Gasteiger partial charge in [0, 0.05) is 7.05 Å². The molecule has 1 aromatic heterocycles. The second-order valence-corrected chi connectivity index (χ2v) is 4.04. The normalized spacial score (nSPS) is 13.4. The molecule has 1 aliphatic carbocycles. The van der Waals surface area contributed by atoms with Crippen LogP contribution in [-0.4, -0.2) is 31.6 Å². The highest BCUT2D eigenvalue weighted by molar-refractivity contribution is 6.29. The Labute approximate surface area is 101 Å². The second-order valence-electron chi connectivity index (χ2n) is 4.04. The van der Waals surface area contributed by atoms with E-state index in [1.54, 1.807) is 0 Å². The van der Waals surface area contributed by atoms with Crippen LogP contribution in [0.15, 0.2) is 18.3 Å². The number of fused-ring (bicyclic) bond motifs is 2. The molecule has 1 heterocycles. The molecule has 0 radical (unpaired) electrons. The third-order valence-corrected chi connectivity index (χ3v) is 3.01. The molecule has 1 aromatic carbocycles. The van der Waals surface area contributed by atoms with Crippen molar-refractivity contribution >= 4 is 11.6 Å². The number of phenolic OH excluding ortho intramolecular Hbond substituents is 2. The number of nitrogens with zero attached hydrogens (tertiary/aromatic N) is 2. The molecule has 90 valence electrons. The number of hydrogen-bond acceptors (Lipinski definition) is 5. The summed E-state index contributed by atoms with van der Waals surface area (Å²) in [5, 5.41) is 23.3. The zero-order valence-corrected chi connectivity index (χ0v) is 9.34. The molecule has 0 spiro atoms. The number of aromatic hydroxyl groups is 2. The van der Waals surface area contributed by atoms with Crippen LogP contribution < -0.4 is 0 Å². The van der Waals surface area contributed by atoms with Gasteiger partial charge in [-0.3, -0.25) is 14.3 Å². The lowest BCUT2D eigenvalue weighted by Crippen LogP contribution is -2.22. The van der Waals surface area contributed by atoms with Crippen molar-refractivity contribution in [1.29, 1.82) is 0 Å². The summed E-state index contributed by atoms with van der Waals surface area (Å²) in [4.78, 5) is 24.4. The first-order valence-electron chi connectivity index (χ1n) is 5.18. The lowest BCUT2D eigenvalue weighted by atomic mass is 9.87. The maximum atomic E-state index is 12.2. The van der Waals surface area contributed by atoms with E-state index in [4.69, 9.17) is 0 Å². The van der Waals surface area contributed by atoms with E-state index in [0.29, 0.717) is 0 Å². The minimum Gasteiger partial charge on any atom is -0.507 e. The Bertz CT molecular complexity index is 715. The van der Waals surface area contributed by atoms with E-state index in [9.17, 15) is 19.8 Å². The Balaban J connectivity index is 2.42. The van der Waals surface area contributed by atoms with Crippen LogP contribution in [0.5, 0.6) is 11.5 Å². The van der Waals surface area contributed by atoms with Crippen molar-refractivity contribution in [3.05, 3.63) is 40.7 Å². The number of carbonyl (C=O) groups excluding carboxylic acids is 2. The van der Waals surface area contributed by atoms with Crippen molar-refractivity contribution in [3.63, 3.8) is 0 Å². The zero-order valence-electron chi connectivity index (χ0n) is 9.34. The number of phenols is 2. The van der Waals surface area contributed by atoms with Crippen LogP contribution in [0.4, 0.5) is 0 Å². The van der Waals surface area contributed by atoms with E-state index in [-0.39, 0.29) is 33.9 Å². The Kier molecular flexibility index (Phi) is 1.87. The summed E-state index contributed by atoms with van der Waals surface area (Å²) in [6, 6.07) is 2.36. The molecule has 3 rings (SSSR count). The van der Waals surface area contributed by atoms with Crippen molar-refractivity contribution < 1.29 is 19.8 Å². The zero-order chi connectivity index (χ0) is 13.0. The lowest BCUT2D eigenvalue weighted by molar-refractivity contribution is 0.0969. The topological polar surface area (TPSA) is 92.4 Å². The van der Waals surface area contributed by atoms with Crippen molar-refractivity contribution in [2.24, 2.45) is 7.05 Å². The Morgan fingerprint density at radius 1 is 1.06 bits per heavy atom. The van der Waals surface area contributed by atoms with Crippen LogP contribution in [0.3, 0.4) is 0 Å². The van der Waals surface area contributed by atoms with Gasteiger partial charge in [-0.1, -0.05) is 0 Å². The largest absolute Gasteiger partial charge is 0.507 e. The summed E-state index contributed by atoms with van der Waals surface area (Å²) in [6.07, 6.45) is 1.28. The molecule has 0 saturated carbocycles. The molecular formula is C12H8N2O4. The molecule has 0 fully saturated rings. The molecule has 0 bridgehead atoms. The third-order valence-electron chi connectivity index (χ3n) is 3.01. The van der Waals surface area contributed by atoms with Crippen LogP contribution in [0.2, 0.25) is 0 Å². The number of rotatable bonds is 0. The fraction of sp³-hybridized carbons (Fsp3) is 0.0833. The van der Waals surface area contributed by atoms with Gasteiger partial charge in [0.2, 0.25) is 11.6 Å². The van der Waals surface area contributed by atoms with Crippen LogP contribution in [0, 0.1) is 0 Å². The summed E-state index contributed by atoms with van der Waals surface area (Å²) in [5.41, 5.74) is -0.0825. The Morgan fingerprint density at radius 2 is 1.61 bits per heavy atom. The number of carbonyl (C=O) groups is 2. The van der Waals surface area contributed by atoms with Crippen molar-refractivity contribution in [1.82, 2.24) is 9.78 Å². The van der Waals surface area contributed by atoms with Crippen LogP contribution in [0.25, 0.3) is 0 Å². The van der Waals surface area contributed by atoms with Gasteiger partial charge in [-0.15, -0.1) is 0 Å². The molecule has 2 N–H and O–H groups in total.